The average Bonchev–Trinajstić information content (AvgIpc) is 2.67. The number of ether oxygens (including phenoxy) is 1. The number of hydrogen-bond donors (Lipinski definition) is 1. The van der Waals surface area contributed by atoms with Crippen LogP contribution in [-0.4, -0.2) is 28.2 Å². The molecule has 1 aromatic carbocycles. The second-order valence-electron chi connectivity index (χ2n) is 5.43. The number of nitrogen functional groups attached to an aromatic ring is 1. The van der Waals surface area contributed by atoms with Crippen LogP contribution >= 0.6 is 0 Å². The lowest BCUT2D eigenvalue weighted by Crippen LogP contribution is -2.13. The molecule has 0 aliphatic heterocycles. The van der Waals surface area contributed by atoms with Gasteiger partial charge in [0.1, 0.15) is 11.6 Å². The number of rotatable bonds is 8. The molecule has 2 aromatic rings. The highest BCUT2D eigenvalue weighted by atomic mass is 16.5. The summed E-state index contributed by atoms with van der Waals surface area (Å²) in [4.78, 5) is 2.04. The maximum Gasteiger partial charge on any atom is 0.146 e. The van der Waals surface area contributed by atoms with Crippen molar-refractivity contribution in [1.29, 1.82) is 0 Å². The molecule has 140 valence electrons. The van der Waals surface area contributed by atoms with E-state index >= 15 is 0 Å². The standard InChI is InChI=1S/C19H24N4O.C2H6/c1-4-11-23(5-2)12-6-13-24-18-9-7-16(14-15(18)3)17-8-10-19(20)22-21-17;1-2/h4-5,7-11,14H,2,6,12-13H2,1,3H3,(H2,20,22);1-2H3/b11-4-;. The molecule has 0 atom stereocenters. The van der Waals surface area contributed by atoms with Crippen molar-refractivity contribution < 1.29 is 4.74 Å². The molecule has 0 amide bonds. The van der Waals surface area contributed by atoms with Gasteiger partial charge in [0.15, 0.2) is 0 Å². The van der Waals surface area contributed by atoms with Crippen molar-refractivity contribution in [2.45, 2.75) is 34.1 Å². The van der Waals surface area contributed by atoms with E-state index < -0.39 is 0 Å². The molecule has 5 nitrogen and oxygen atoms in total. The van der Waals surface area contributed by atoms with E-state index in [0.717, 1.165) is 35.5 Å². The lowest BCUT2D eigenvalue weighted by Gasteiger charge is -2.15. The first-order chi connectivity index (χ1) is 12.6. The number of benzene rings is 1. The van der Waals surface area contributed by atoms with E-state index in [0.29, 0.717) is 12.4 Å². The Hall–Kier alpha value is -2.82. The summed E-state index contributed by atoms with van der Waals surface area (Å²) >= 11 is 0. The number of anilines is 1. The Morgan fingerprint density at radius 2 is 1.96 bits per heavy atom. The fraction of sp³-hybridized carbons (Fsp3) is 0.333. The monoisotopic (exact) mass is 354 g/mol. The van der Waals surface area contributed by atoms with Crippen LogP contribution in [-0.2, 0) is 0 Å². The minimum absolute atomic E-state index is 0.418. The third-order valence-electron chi connectivity index (χ3n) is 3.55. The number of hydrogen-bond acceptors (Lipinski definition) is 5. The highest BCUT2D eigenvalue weighted by molar-refractivity contribution is 5.62. The van der Waals surface area contributed by atoms with Crippen molar-refractivity contribution in [2.24, 2.45) is 0 Å². The van der Waals surface area contributed by atoms with E-state index in [-0.39, 0.29) is 0 Å². The normalized spacial score (nSPS) is 10.2. The van der Waals surface area contributed by atoms with Crippen LogP contribution in [0, 0.1) is 6.92 Å². The van der Waals surface area contributed by atoms with Gasteiger partial charge in [-0.1, -0.05) is 26.5 Å². The molecule has 0 bridgehead atoms. The molecule has 0 aliphatic carbocycles. The maximum absolute atomic E-state index is 5.88. The number of aryl methyl sites for hydroxylation is 1. The predicted octanol–water partition coefficient (Wildman–Crippen LogP) is 4.81. The van der Waals surface area contributed by atoms with Gasteiger partial charge in [0.05, 0.1) is 12.3 Å². The number of allylic oxidation sites excluding steroid dienone is 1. The van der Waals surface area contributed by atoms with E-state index in [1.807, 2.05) is 75.3 Å². The Kier molecular flexibility index (Phi) is 9.54. The van der Waals surface area contributed by atoms with Crippen molar-refractivity contribution in [3.8, 4) is 17.0 Å². The van der Waals surface area contributed by atoms with E-state index in [4.69, 9.17) is 10.5 Å². The van der Waals surface area contributed by atoms with Crippen molar-refractivity contribution >= 4 is 5.82 Å². The molecule has 0 unspecified atom stereocenters. The molecular formula is C21H30N4O. The van der Waals surface area contributed by atoms with Gasteiger partial charge in [-0.05, 0) is 68.6 Å². The number of nitrogens with zero attached hydrogens (tertiary/aromatic N) is 3. The molecule has 1 aromatic heterocycles. The Morgan fingerprint density at radius 3 is 2.54 bits per heavy atom. The van der Waals surface area contributed by atoms with Gasteiger partial charge in [0.25, 0.3) is 0 Å². The van der Waals surface area contributed by atoms with Crippen LogP contribution in [0.1, 0.15) is 32.8 Å². The Labute approximate surface area is 157 Å². The molecule has 2 rings (SSSR count). The first kappa shape index (κ1) is 21.2. The predicted molar refractivity (Wildman–Crippen MR) is 110 cm³/mol. The second kappa shape index (κ2) is 11.7. The smallest absolute Gasteiger partial charge is 0.146 e. The molecule has 2 N–H and O–H groups in total. The Balaban J connectivity index is 0.00000163. The molecule has 0 aliphatic rings. The second-order valence-corrected chi connectivity index (χ2v) is 5.43. The molecule has 0 fully saturated rings. The summed E-state index contributed by atoms with van der Waals surface area (Å²) < 4.78 is 5.88. The zero-order valence-corrected chi connectivity index (χ0v) is 16.3. The summed E-state index contributed by atoms with van der Waals surface area (Å²) in [6.07, 6.45) is 6.72. The van der Waals surface area contributed by atoms with Crippen LogP contribution in [0.25, 0.3) is 11.3 Å². The molecular weight excluding hydrogens is 324 g/mol. The fourth-order valence-corrected chi connectivity index (χ4v) is 2.31. The maximum atomic E-state index is 5.88. The quantitative estimate of drug-likeness (QED) is 0.689. The third kappa shape index (κ3) is 6.59. The van der Waals surface area contributed by atoms with Crippen molar-refractivity contribution in [2.75, 3.05) is 18.9 Å². The molecule has 0 spiro atoms. The summed E-state index contributed by atoms with van der Waals surface area (Å²) in [6, 6.07) is 9.62. The van der Waals surface area contributed by atoms with Gasteiger partial charge >= 0.3 is 0 Å². The van der Waals surface area contributed by atoms with Crippen LogP contribution in [0.15, 0.2) is 55.4 Å². The van der Waals surface area contributed by atoms with Gasteiger partial charge in [-0.3, -0.25) is 0 Å². The first-order valence-corrected chi connectivity index (χ1v) is 8.98. The Bertz CT molecular complexity index is 696. The first-order valence-electron chi connectivity index (χ1n) is 8.98. The molecule has 0 saturated heterocycles. The van der Waals surface area contributed by atoms with Gasteiger partial charge in [-0.15, -0.1) is 10.2 Å². The largest absolute Gasteiger partial charge is 0.493 e. The molecule has 1 heterocycles. The lowest BCUT2D eigenvalue weighted by molar-refractivity contribution is 0.293. The topological polar surface area (TPSA) is 64.3 Å². The van der Waals surface area contributed by atoms with Crippen LogP contribution in [0.2, 0.25) is 0 Å². The van der Waals surface area contributed by atoms with Crippen LogP contribution in [0.5, 0.6) is 5.75 Å². The summed E-state index contributed by atoms with van der Waals surface area (Å²) in [7, 11) is 0. The van der Waals surface area contributed by atoms with E-state index in [2.05, 4.69) is 16.8 Å². The summed E-state index contributed by atoms with van der Waals surface area (Å²) in [6.45, 7) is 13.3. The Morgan fingerprint density at radius 1 is 1.19 bits per heavy atom. The third-order valence-corrected chi connectivity index (χ3v) is 3.55. The fourth-order valence-electron chi connectivity index (χ4n) is 2.31. The van der Waals surface area contributed by atoms with Crippen molar-refractivity contribution in [3.05, 3.63) is 61.0 Å². The summed E-state index contributed by atoms with van der Waals surface area (Å²) in [5.74, 6) is 1.31. The highest BCUT2D eigenvalue weighted by Crippen LogP contribution is 2.25. The van der Waals surface area contributed by atoms with Gasteiger partial charge in [-0.25, -0.2) is 0 Å². The van der Waals surface area contributed by atoms with E-state index in [1.165, 1.54) is 0 Å². The molecule has 5 heteroatoms. The average molecular weight is 354 g/mol. The zero-order chi connectivity index (χ0) is 19.4. The summed E-state index contributed by atoms with van der Waals surface area (Å²) in [5.41, 5.74) is 8.44. The minimum atomic E-state index is 0.418. The SMILES string of the molecule is C=CN(/C=C\C)CCCOc1ccc(-c2ccc(N)nn2)cc1C.CC. The molecule has 0 saturated carbocycles. The summed E-state index contributed by atoms with van der Waals surface area (Å²) in [5, 5.41) is 7.99. The zero-order valence-electron chi connectivity index (χ0n) is 16.3. The van der Waals surface area contributed by atoms with Crippen molar-refractivity contribution in [3.63, 3.8) is 0 Å². The van der Waals surface area contributed by atoms with Gasteiger partial charge < -0.3 is 15.4 Å². The van der Waals surface area contributed by atoms with E-state index in [1.54, 1.807) is 6.07 Å². The van der Waals surface area contributed by atoms with Gasteiger partial charge in [0, 0.05) is 12.1 Å². The van der Waals surface area contributed by atoms with Crippen LogP contribution < -0.4 is 10.5 Å². The van der Waals surface area contributed by atoms with E-state index in [9.17, 15) is 0 Å². The highest BCUT2D eigenvalue weighted by Gasteiger charge is 2.05. The van der Waals surface area contributed by atoms with Crippen molar-refractivity contribution in [1.82, 2.24) is 15.1 Å². The van der Waals surface area contributed by atoms with Gasteiger partial charge in [0.2, 0.25) is 0 Å². The molecule has 26 heavy (non-hydrogen) atoms. The number of aromatic nitrogens is 2. The molecule has 0 radical (unpaired) electrons. The number of nitrogens with two attached hydrogens (primary N) is 1. The van der Waals surface area contributed by atoms with Crippen LogP contribution in [0.4, 0.5) is 5.82 Å². The van der Waals surface area contributed by atoms with Crippen LogP contribution in [0.3, 0.4) is 0 Å². The lowest BCUT2D eigenvalue weighted by atomic mass is 10.1. The van der Waals surface area contributed by atoms with Gasteiger partial charge in [-0.2, -0.15) is 0 Å². The minimum Gasteiger partial charge on any atom is -0.493 e.